The Morgan fingerprint density at radius 1 is 1.40 bits per heavy atom. The van der Waals surface area contributed by atoms with Crippen molar-refractivity contribution < 1.29 is 5.11 Å². The summed E-state index contributed by atoms with van der Waals surface area (Å²) in [7, 11) is 2.11. The summed E-state index contributed by atoms with van der Waals surface area (Å²) < 4.78 is 0. The Balaban J connectivity index is 1.42. The summed E-state index contributed by atoms with van der Waals surface area (Å²) in [5.41, 5.74) is 8.54. The van der Waals surface area contributed by atoms with E-state index in [0.29, 0.717) is 12.0 Å². The van der Waals surface area contributed by atoms with Gasteiger partial charge in [-0.05, 0) is 62.1 Å². The summed E-state index contributed by atoms with van der Waals surface area (Å²) in [6, 6.07) is 4.64. The number of H-pyrrole nitrogens is 2. The molecule has 4 N–H and O–H groups in total. The summed E-state index contributed by atoms with van der Waals surface area (Å²) in [5.74, 6) is 1.67. The van der Waals surface area contributed by atoms with E-state index in [2.05, 4.69) is 65.3 Å². The predicted octanol–water partition coefficient (Wildman–Crippen LogP) is 2.79. The van der Waals surface area contributed by atoms with Gasteiger partial charge in [0.15, 0.2) is 5.82 Å². The Morgan fingerprint density at radius 3 is 3.03 bits per heavy atom. The van der Waals surface area contributed by atoms with Crippen LogP contribution in [0, 0.1) is 18.3 Å². The van der Waals surface area contributed by atoms with E-state index in [1.54, 1.807) is 0 Å². The van der Waals surface area contributed by atoms with Crippen molar-refractivity contribution in [1.29, 1.82) is 0 Å². The highest BCUT2D eigenvalue weighted by atomic mass is 16.3. The molecule has 0 bridgehead atoms. The average molecular weight is 409 g/mol. The number of aliphatic hydroxyl groups excluding tert-OH is 1. The molecule has 0 aliphatic heterocycles. The number of aliphatic hydroxyl groups is 1. The van der Waals surface area contributed by atoms with Crippen LogP contribution in [0.15, 0.2) is 12.1 Å². The number of benzene rings is 1. The van der Waals surface area contributed by atoms with Crippen LogP contribution in [-0.4, -0.2) is 58.1 Å². The van der Waals surface area contributed by atoms with Crippen LogP contribution in [0.2, 0.25) is 0 Å². The van der Waals surface area contributed by atoms with Gasteiger partial charge in [-0.15, -0.1) is 0 Å². The van der Waals surface area contributed by atoms with E-state index in [1.165, 1.54) is 28.9 Å². The van der Waals surface area contributed by atoms with Crippen molar-refractivity contribution in [2.24, 2.45) is 11.3 Å². The lowest BCUT2D eigenvalue weighted by atomic mass is 9.88. The minimum Gasteiger partial charge on any atom is -0.395 e. The topological polar surface area (TPSA) is 92.9 Å². The quantitative estimate of drug-likeness (QED) is 0.482. The zero-order valence-electron chi connectivity index (χ0n) is 18.3. The van der Waals surface area contributed by atoms with E-state index in [1.807, 2.05) is 0 Å². The fourth-order valence-electron chi connectivity index (χ4n) is 5.21. The third-order valence-electron chi connectivity index (χ3n) is 7.11. The molecule has 30 heavy (non-hydrogen) atoms. The highest BCUT2D eigenvalue weighted by Gasteiger charge is 2.53. The van der Waals surface area contributed by atoms with Crippen LogP contribution >= 0.6 is 0 Å². The number of rotatable bonds is 7. The summed E-state index contributed by atoms with van der Waals surface area (Å²) in [6.45, 7) is 8.30. The zero-order valence-corrected chi connectivity index (χ0v) is 18.3. The van der Waals surface area contributed by atoms with Gasteiger partial charge in [0.25, 0.3) is 0 Å². The van der Waals surface area contributed by atoms with E-state index < -0.39 is 0 Å². The second-order valence-electron chi connectivity index (χ2n) is 9.67. The summed E-state index contributed by atoms with van der Waals surface area (Å²) >= 11 is 0. The molecule has 0 radical (unpaired) electrons. The Morgan fingerprint density at radius 2 is 2.23 bits per heavy atom. The molecule has 0 saturated heterocycles. The third kappa shape index (κ3) is 3.30. The largest absolute Gasteiger partial charge is 0.395 e. The summed E-state index contributed by atoms with van der Waals surface area (Å²) in [5, 5.41) is 20.3. The first kappa shape index (κ1) is 19.6. The van der Waals surface area contributed by atoms with Crippen molar-refractivity contribution in [3.63, 3.8) is 0 Å². The van der Waals surface area contributed by atoms with Crippen LogP contribution in [0.25, 0.3) is 22.6 Å². The van der Waals surface area contributed by atoms with E-state index in [4.69, 9.17) is 10.1 Å². The molecule has 2 aliphatic carbocycles. The number of aromatic amines is 2. The number of nitrogens with one attached hydrogen (secondary N) is 3. The van der Waals surface area contributed by atoms with E-state index in [9.17, 15) is 0 Å². The molecule has 160 valence electrons. The number of imidazole rings is 1. The highest BCUT2D eigenvalue weighted by molar-refractivity contribution is 5.84. The molecule has 3 aromatic rings. The Kier molecular flexibility index (Phi) is 4.63. The number of aromatic nitrogens is 4. The van der Waals surface area contributed by atoms with Gasteiger partial charge in [0.1, 0.15) is 5.69 Å². The molecule has 1 saturated carbocycles. The normalized spacial score (nSPS) is 23.3. The maximum Gasteiger partial charge on any atom is 0.159 e. The van der Waals surface area contributed by atoms with E-state index in [0.717, 1.165) is 47.9 Å². The average Bonchev–Trinajstić information content (AvgIpc) is 2.99. The van der Waals surface area contributed by atoms with Crippen molar-refractivity contribution in [3.8, 4) is 11.5 Å². The van der Waals surface area contributed by atoms with Gasteiger partial charge < -0.3 is 20.3 Å². The molecule has 7 heteroatoms. The van der Waals surface area contributed by atoms with Gasteiger partial charge >= 0.3 is 0 Å². The fourth-order valence-corrected chi connectivity index (χ4v) is 5.21. The lowest BCUT2D eigenvalue weighted by molar-refractivity contribution is 0.286. The van der Waals surface area contributed by atoms with E-state index >= 15 is 0 Å². The summed E-state index contributed by atoms with van der Waals surface area (Å²) in [6.07, 6.45) is 3.55. The zero-order chi connectivity index (χ0) is 21.0. The molecule has 2 aliphatic rings. The maximum absolute atomic E-state index is 9.02. The van der Waals surface area contributed by atoms with Gasteiger partial charge in [0.2, 0.25) is 0 Å². The molecule has 2 aromatic heterocycles. The van der Waals surface area contributed by atoms with Gasteiger partial charge in [0, 0.05) is 43.1 Å². The number of hydrogen-bond donors (Lipinski definition) is 4. The maximum atomic E-state index is 9.02. The Hall–Kier alpha value is -2.38. The van der Waals surface area contributed by atoms with Crippen molar-refractivity contribution >= 4 is 16.7 Å². The van der Waals surface area contributed by atoms with Gasteiger partial charge in [-0.1, -0.05) is 6.92 Å². The molecule has 0 spiro atoms. The minimum absolute atomic E-state index is 0.159. The molecule has 5 rings (SSSR count). The number of aryl methyl sites for hydroxylation is 1. The standard InChI is InChI=1S/C23H32N6O/c1-13-7-17-18(9-20(13)29(4)12-14(2)24-5-6-30)26-22(25-17)21-16-8-15-10-23(15,3)11-19(16)27-28-21/h7,9,14-15,24,30H,5-6,8,10-12H2,1-4H3,(H,25,26)(H,27,28)/t14-,15+,23+/m0/s1. The van der Waals surface area contributed by atoms with Crippen LogP contribution in [0.1, 0.15) is 37.1 Å². The molecule has 0 unspecified atom stereocenters. The lowest BCUT2D eigenvalue weighted by Gasteiger charge is -2.25. The smallest absolute Gasteiger partial charge is 0.159 e. The Labute approximate surface area is 177 Å². The molecule has 1 fully saturated rings. The van der Waals surface area contributed by atoms with Crippen LogP contribution in [0.3, 0.4) is 0 Å². The van der Waals surface area contributed by atoms with Gasteiger partial charge in [0.05, 0.1) is 17.6 Å². The van der Waals surface area contributed by atoms with Crippen LogP contribution < -0.4 is 10.2 Å². The highest BCUT2D eigenvalue weighted by Crippen LogP contribution is 2.59. The van der Waals surface area contributed by atoms with Gasteiger partial charge in [-0.3, -0.25) is 5.10 Å². The molecule has 2 heterocycles. The number of likely N-dealkylation sites (N-methyl/N-ethyl adjacent to an activating group) is 1. The third-order valence-corrected chi connectivity index (χ3v) is 7.11. The van der Waals surface area contributed by atoms with Crippen LogP contribution in [0.5, 0.6) is 0 Å². The van der Waals surface area contributed by atoms with Gasteiger partial charge in [-0.2, -0.15) is 5.10 Å². The predicted molar refractivity (Wildman–Crippen MR) is 120 cm³/mol. The monoisotopic (exact) mass is 408 g/mol. The molecule has 3 atom stereocenters. The summed E-state index contributed by atoms with van der Waals surface area (Å²) in [4.78, 5) is 10.7. The SMILES string of the molecule is Cc1cc2[nH]c(-c3n[nH]c4c3C[C@@H]3C[C@]3(C)C4)nc2cc1N(C)C[C@H](C)NCCO. The molecule has 0 amide bonds. The number of fused-ring (bicyclic) bond motifs is 3. The van der Waals surface area contributed by atoms with Crippen LogP contribution in [-0.2, 0) is 12.8 Å². The van der Waals surface area contributed by atoms with Crippen molar-refractivity contribution in [1.82, 2.24) is 25.5 Å². The van der Waals surface area contributed by atoms with E-state index in [-0.39, 0.29) is 12.6 Å². The molecule has 7 nitrogen and oxygen atoms in total. The second-order valence-corrected chi connectivity index (χ2v) is 9.67. The molecule has 1 aromatic carbocycles. The fraction of sp³-hybridized carbons (Fsp3) is 0.565. The number of hydrogen-bond acceptors (Lipinski definition) is 5. The van der Waals surface area contributed by atoms with Crippen molar-refractivity contribution in [2.75, 3.05) is 31.6 Å². The second kappa shape index (κ2) is 7.10. The lowest BCUT2D eigenvalue weighted by Crippen LogP contribution is -2.38. The number of nitrogens with zero attached hydrogens (tertiary/aromatic N) is 3. The first-order chi connectivity index (χ1) is 14.4. The van der Waals surface area contributed by atoms with Gasteiger partial charge in [-0.25, -0.2) is 4.98 Å². The molecular weight excluding hydrogens is 376 g/mol. The van der Waals surface area contributed by atoms with Crippen LogP contribution in [0.4, 0.5) is 5.69 Å². The first-order valence-corrected chi connectivity index (χ1v) is 11.0. The number of anilines is 1. The van der Waals surface area contributed by atoms with Crippen molar-refractivity contribution in [2.45, 2.75) is 46.1 Å². The first-order valence-electron chi connectivity index (χ1n) is 11.0. The minimum atomic E-state index is 0.159. The molecular formula is C23H32N6O. The Bertz CT molecular complexity index is 1080. The van der Waals surface area contributed by atoms with Crippen molar-refractivity contribution in [3.05, 3.63) is 29.0 Å².